The van der Waals surface area contributed by atoms with Gasteiger partial charge in [0, 0.05) is 23.9 Å². The van der Waals surface area contributed by atoms with Crippen LogP contribution in [-0.2, 0) is 0 Å². The van der Waals surface area contributed by atoms with Gasteiger partial charge in [0.15, 0.2) is 0 Å². The Morgan fingerprint density at radius 3 is 2.38 bits per heavy atom. The summed E-state index contributed by atoms with van der Waals surface area (Å²) >= 11 is 0. The first-order valence-corrected chi connectivity index (χ1v) is 6.85. The number of hydrogen-bond donors (Lipinski definition) is 1. The molecule has 1 fully saturated rings. The number of aryl methyl sites for hydroxylation is 1. The molecule has 0 heterocycles. The van der Waals surface area contributed by atoms with E-state index >= 15 is 0 Å². The SMILES string of the molecule is Cc1ccc([N+](=O)[O-])cc1NC1CCC(C(F)(F)F)CC1. The Kier molecular flexibility index (Phi) is 4.39. The molecule has 116 valence electrons. The van der Waals surface area contributed by atoms with Crippen molar-refractivity contribution in [1.29, 1.82) is 0 Å². The number of nitrogens with zero attached hydrogens (tertiary/aromatic N) is 1. The predicted octanol–water partition coefficient (Wildman–Crippen LogP) is 4.44. The molecule has 0 aliphatic heterocycles. The molecular formula is C14H17F3N2O2. The van der Waals surface area contributed by atoms with E-state index in [0.717, 1.165) is 5.56 Å². The molecule has 7 heteroatoms. The summed E-state index contributed by atoms with van der Waals surface area (Å²) in [6, 6.07) is 4.43. The maximum Gasteiger partial charge on any atom is 0.391 e. The Morgan fingerprint density at radius 2 is 1.86 bits per heavy atom. The van der Waals surface area contributed by atoms with Crippen molar-refractivity contribution in [2.24, 2.45) is 5.92 Å². The highest BCUT2D eigenvalue weighted by molar-refractivity contribution is 5.57. The monoisotopic (exact) mass is 302 g/mol. The summed E-state index contributed by atoms with van der Waals surface area (Å²) in [5.74, 6) is -1.22. The second-order valence-electron chi connectivity index (χ2n) is 5.49. The molecule has 1 aromatic carbocycles. The van der Waals surface area contributed by atoms with Crippen LogP contribution in [-0.4, -0.2) is 17.1 Å². The largest absolute Gasteiger partial charge is 0.391 e. The molecule has 21 heavy (non-hydrogen) atoms. The molecule has 0 spiro atoms. The fourth-order valence-electron chi connectivity index (χ4n) is 2.66. The van der Waals surface area contributed by atoms with Crippen LogP contribution in [0.3, 0.4) is 0 Å². The highest BCUT2D eigenvalue weighted by Crippen LogP contribution is 2.38. The van der Waals surface area contributed by atoms with Crippen molar-refractivity contribution in [3.8, 4) is 0 Å². The van der Waals surface area contributed by atoms with Gasteiger partial charge in [0.1, 0.15) is 0 Å². The van der Waals surface area contributed by atoms with Gasteiger partial charge in [-0.25, -0.2) is 0 Å². The van der Waals surface area contributed by atoms with Gasteiger partial charge in [-0.2, -0.15) is 13.2 Å². The number of halogens is 3. The molecule has 0 unspecified atom stereocenters. The number of alkyl halides is 3. The van der Waals surface area contributed by atoms with Crippen LogP contribution >= 0.6 is 0 Å². The molecule has 4 nitrogen and oxygen atoms in total. The van der Waals surface area contributed by atoms with Crippen LogP contribution in [0.15, 0.2) is 18.2 Å². The second kappa shape index (κ2) is 5.91. The van der Waals surface area contributed by atoms with E-state index in [1.165, 1.54) is 12.1 Å². The highest BCUT2D eigenvalue weighted by Gasteiger charge is 2.41. The van der Waals surface area contributed by atoms with Crippen molar-refractivity contribution >= 4 is 11.4 Å². The van der Waals surface area contributed by atoms with Crippen LogP contribution in [0.5, 0.6) is 0 Å². The number of nitro benzene ring substituents is 1. The van der Waals surface area contributed by atoms with Crippen molar-refractivity contribution in [3.63, 3.8) is 0 Å². The molecule has 1 aromatic rings. The highest BCUT2D eigenvalue weighted by atomic mass is 19.4. The van der Waals surface area contributed by atoms with Crippen LogP contribution in [0.1, 0.15) is 31.2 Å². The minimum Gasteiger partial charge on any atom is -0.382 e. The lowest BCUT2D eigenvalue weighted by Crippen LogP contribution is -2.32. The summed E-state index contributed by atoms with van der Waals surface area (Å²) in [7, 11) is 0. The third-order valence-electron chi connectivity index (χ3n) is 3.98. The van der Waals surface area contributed by atoms with Crippen LogP contribution in [0, 0.1) is 23.0 Å². The van der Waals surface area contributed by atoms with Gasteiger partial charge >= 0.3 is 6.18 Å². The minimum atomic E-state index is -4.12. The Morgan fingerprint density at radius 1 is 1.24 bits per heavy atom. The number of nitrogens with one attached hydrogen (secondary N) is 1. The fraction of sp³-hybridized carbons (Fsp3) is 0.571. The van der Waals surface area contributed by atoms with E-state index in [2.05, 4.69) is 5.32 Å². The van der Waals surface area contributed by atoms with Gasteiger partial charge in [0.2, 0.25) is 0 Å². The van der Waals surface area contributed by atoms with Gasteiger partial charge in [-0.05, 0) is 38.2 Å². The summed E-state index contributed by atoms with van der Waals surface area (Å²) < 4.78 is 37.8. The number of rotatable bonds is 3. The van der Waals surface area contributed by atoms with Gasteiger partial charge in [-0.1, -0.05) is 6.07 Å². The van der Waals surface area contributed by atoms with Gasteiger partial charge < -0.3 is 5.32 Å². The van der Waals surface area contributed by atoms with Gasteiger partial charge in [-0.3, -0.25) is 10.1 Å². The number of hydrogen-bond acceptors (Lipinski definition) is 3. The number of benzene rings is 1. The first-order valence-electron chi connectivity index (χ1n) is 6.85. The van der Waals surface area contributed by atoms with E-state index in [9.17, 15) is 23.3 Å². The Hall–Kier alpha value is -1.79. The second-order valence-corrected chi connectivity index (χ2v) is 5.49. The smallest absolute Gasteiger partial charge is 0.382 e. The first-order chi connectivity index (χ1) is 9.77. The Labute approximate surface area is 120 Å². The Balaban J connectivity index is 2.01. The maximum atomic E-state index is 12.6. The third kappa shape index (κ3) is 3.86. The lowest BCUT2D eigenvalue weighted by Gasteiger charge is -2.31. The zero-order chi connectivity index (χ0) is 15.6. The first kappa shape index (κ1) is 15.6. The summed E-state index contributed by atoms with van der Waals surface area (Å²) in [4.78, 5) is 10.3. The lowest BCUT2D eigenvalue weighted by atomic mass is 9.85. The van der Waals surface area contributed by atoms with Gasteiger partial charge in [0.25, 0.3) is 5.69 Å². The van der Waals surface area contributed by atoms with E-state index in [1.54, 1.807) is 6.07 Å². The summed E-state index contributed by atoms with van der Waals surface area (Å²) in [5, 5.41) is 13.9. The maximum absolute atomic E-state index is 12.6. The molecule has 0 bridgehead atoms. The fourth-order valence-corrected chi connectivity index (χ4v) is 2.66. The number of nitro groups is 1. The van der Waals surface area contributed by atoms with Gasteiger partial charge in [0.05, 0.1) is 10.8 Å². The van der Waals surface area contributed by atoms with Crippen LogP contribution in [0.4, 0.5) is 24.5 Å². The molecule has 1 aliphatic rings. The lowest BCUT2D eigenvalue weighted by molar-refractivity contribution is -0.384. The van der Waals surface area contributed by atoms with Crippen LogP contribution in [0.25, 0.3) is 0 Å². The normalized spacial score (nSPS) is 22.9. The third-order valence-corrected chi connectivity index (χ3v) is 3.98. The summed E-state index contributed by atoms with van der Waals surface area (Å²) in [5.41, 5.74) is 1.45. The van der Waals surface area contributed by atoms with E-state index in [0.29, 0.717) is 18.5 Å². The predicted molar refractivity (Wildman–Crippen MR) is 73.3 cm³/mol. The molecule has 1 N–H and O–H groups in total. The molecule has 0 atom stereocenters. The summed E-state index contributed by atoms with van der Waals surface area (Å²) in [6.45, 7) is 1.81. The van der Waals surface area contributed by atoms with Crippen molar-refractivity contribution in [1.82, 2.24) is 0 Å². The number of non-ortho nitro benzene ring substituents is 1. The summed E-state index contributed by atoms with van der Waals surface area (Å²) in [6.07, 6.45) is -3.06. The van der Waals surface area contributed by atoms with Crippen molar-refractivity contribution in [3.05, 3.63) is 33.9 Å². The van der Waals surface area contributed by atoms with E-state index in [-0.39, 0.29) is 24.6 Å². The molecule has 0 aromatic heterocycles. The average Bonchev–Trinajstić information content (AvgIpc) is 2.40. The molecule has 0 saturated heterocycles. The standard InChI is InChI=1S/C14H17F3N2O2/c1-9-2-7-12(19(20)21)8-13(9)18-11-5-3-10(4-6-11)14(15,16)17/h2,7-8,10-11,18H,3-6H2,1H3. The molecule has 2 rings (SSSR count). The molecule has 1 aliphatic carbocycles. The molecular weight excluding hydrogens is 285 g/mol. The Bertz CT molecular complexity index is 523. The van der Waals surface area contributed by atoms with Crippen molar-refractivity contribution in [2.75, 3.05) is 5.32 Å². The molecule has 0 radical (unpaired) electrons. The molecule has 1 saturated carbocycles. The minimum absolute atomic E-state index is 0.0212. The quantitative estimate of drug-likeness (QED) is 0.663. The van der Waals surface area contributed by atoms with Crippen LogP contribution < -0.4 is 5.32 Å². The zero-order valence-electron chi connectivity index (χ0n) is 11.6. The van der Waals surface area contributed by atoms with Crippen molar-refractivity contribution < 1.29 is 18.1 Å². The average molecular weight is 302 g/mol. The van der Waals surface area contributed by atoms with Gasteiger partial charge in [-0.15, -0.1) is 0 Å². The van der Waals surface area contributed by atoms with Crippen LogP contribution in [0.2, 0.25) is 0 Å². The van der Waals surface area contributed by atoms with E-state index < -0.39 is 17.0 Å². The topological polar surface area (TPSA) is 55.2 Å². The van der Waals surface area contributed by atoms with E-state index in [1.807, 2.05) is 6.92 Å². The van der Waals surface area contributed by atoms with E-state index in [4.69, 9.17) is 0 Å². The zero-order valence-corrected chi connectivity index (χ0v) is 11.6. The molecule has 0 amide bonds. The van der Waals surface area contributed by atoms with Crippen molar-refractivity contribution in [2.45, 2.75) is 44.8 Å². The number of anilines is 1.